The zero-order valence-electron chi connectivity index (χ0n) is 9.77. The number of halogens is 1. The average Bonchev–Trinajstić information content (AvgIpc) is 2.35. The van der Waals surface area contributed by atoms with Gasteiger partial charge in [0.1, 0.15) is 5.84 Å². The van der Waals surface area contributed by atoms with E-state index in [0.29, 0.717) is 11.1 Å². The van der Waals surface area contributed by atoms with Gasteiger partial charge in [0.05, 0.1) is 11.8 Å². The summed E-state index contributed by atoms with van der Waals surface area (Å²) in [6, 6.07) is 6.40. The molecule has 0 unspecified atom stereocenters. The molecule has 3 N–H and O–H groups in total. The van der Waals surface area contributed by atoms with Gasteiger partial charge in [0, 0.05) is 6.20 Å². The lowest BCUT2D eigenvalue weighted by molar-refractivity contribution is 0.437. The standard InChI is InChI=1S/C13H12FN3O/c1-8-3-2-4-10(12(8)14)18-11-7-17-6-5-9(11)13(15)16/h2-7H,1H3,(H3,15,16). The highest BCUT2D eigenvalue weighted by molar-refractivity contribution is 5.97. The number of nitrogens with two attached hydrogens (primary N) is 1. The minimum Gasteiger partial charge on any atom is -0.452 e. The van der Waals surface area contributed by atoms with E-state index in [1.807, 2.05) is 0 Å². The van der Waals surface area contributed by atoms with Gasteiger partial charge in [0.25, 0.3) is 0 Å². The van der Waals surface area contributed by atoms with Gasteiger partial charge in [-0.2, -0.15) is 0 Å². The number of aryl methyl sites for hydroxylation is 1. The Balaban J connectivity index is 2.40. The number of rotatable bonds is 3. The van der Waals surface area contributed by atoms with Crippen LogP contribution in [0.3, 0.4) is 0 Å². The van der Waals surface area contributed by atoms with Crippen LogP contribution in [0.2, 0.25) is 0 Å². The van der Waals surface area contributed by atoms with Crippen molar-refractivity contribution in [1.82, 2.24) is 4.98 Å². The second-order valence-electron chi connectivity index (χ2n) is 3.77. The number of benzene rings is 1. The van der Waals surface area contributed by atoms with E-state index in [9.17, 15) is 4.39 Å². The van der Waals surface area contributed by atoms with Crippen LogP contribution < -0.4 is 10.5 Å². The SMILES string of the molecule is Cc1cccc(Oc2cnccc2C(=N)N)c1F. The van der Waals surface area contributed by atoms with Crippen molar-refractivity contribution in [2.75, 3.05) is 0 Å². The lowest BCUT2D eigenvalue weighted by Gasteiger charge is -2.10. The van der Waals surface area contributed by atoms with E-state index in [1.165, 1.54) is 18.5 Å². The largest absolute Gasteiger partial charge is 0.452 e. The summed E-state index contributed by atoms with van der Waals surface area (Å²) in [5.74, 6) is -0.240. The van der Waals surface area contributed by atoms with Gasteiger partial charge in [-0.3, -0.25) is 10.4 Å². The number of hydrogen-bond donors (Lipinski definition) is 2. The fourth-order valence-corrected chi connectivity index (χ4v) is 1.50. The van der Waals surface area contributed by atoms with E-state index in [2.05, 4.69) is 4.98 Å². The highest BCUT2D eigenvalue weighted by Gasteiger charge is 2.11. The van der Waals surface area contributed by atoms with Crippen molar-refractivity contribution >= 4 is 5.84 Å². The molecule has 1 heterocycles. The Kier molecular flexibility index (Phi) is 3.23. The maximum absolute atomic E-state index is 13.8. The van der Waals surface area contributed by atoms with Gasteiger partial charge in [0.15, 0.2) is 17.3 Å². The topological polar surface area (TPSA) is 72.0 Å². The summed E-state index contributed by atoms with van der Waals surface area (Å²) in [4.78, 5) is 3.88. The van der Waals surface area contributed by atoms with Crippen molar-refractivity contribution in [1.29, 1.82) is 5.41 Å². The third-order valence-electron chi connectivity index (χ3n) is 2.45. The van der Waals surface area contributed by atoms with Crippen molar-refractivity contribution in [2.45, 2.75) is 6.92 Å². The number of nitrogen functional groups attached to an aromatic ring is 1. The Morgan fingerprint density at radius 3 is 2.83 bits per heavy atom. The van der Waals surface area contributed by atoms with Crippen molar-refractivity contribution in [3.63, 3.8) is 0 Å². The van der Waals surface area contributed by atoms with Gasteiger partial charge < -0.3 is 10.5 Å². The van der Waals surface area contributed by atoms with Gasteiger partial charge >= 0.3 is 0 Å². The molecular formula is C13H12FN3O. The summed E-state index contributed by atoms with van der Waals surface area (Å²) in [5, 5.41) is 7.41. The summed E-state index contributed by atoms with van der Waals surface area (Å²) < 4.78 is 19.2. The molecule has 0 aliphatic heterocycles. The molecule has 4 nitrogen and oxygen atoms in total. The van der Waals surface area contributed by atoms with Crippen LogP contribution >= 0.6 is 0 Å². The molecule has 0 fully saturated rings. The lowest BCUT2D eigenvalue weighted by Crippen LogP contribution is -2.12. The first-order chi connectivity index (χ1) is 8.59. The molecule has 0 bridgehead atoms. The summed E-state index contributed by atoms with van der Waals surface area (Å²) in [6.45, 7) is 1.65. The smallest absolute Gasteiger partial charge is 0.168 e. The summed E-state index contributed by atoms with van der Waals surface area (Å²) >= 11 is 0. The molecule has 92 valence electrons. The van der Waals surface area contributed by atoms with E-state index >= 15 is 0 Å². The molecular weight excluding hydrogens is 233 g/mol. The van der Waals surface area contributed by atoms with Crippen LogP contribution in [0.5, 0.6) is 11.5 Å². The Bertz CT molecular complexity index is 599. The first kappa shape index (κ1) is 12.0. The second kappa shape index (κ2) is 4.83. The Labute approximate surface area is 104 Å². The first-order valence-corrected chi connectivity index (χ1v) is 5.31. The van der Waals surface area contributed by atoms with Crippen molar-refractivity contribution in [3.8, 4) is 11.5 Å². The molecule has 0 saturated carbocycles. The maximum Gasteiger partial charge on any atom is 0.168 e. The maximum atomic E-state index is 13.8. The number of nitrogens with zero attached hydrogens (tertiary/aromatic N) is 1. The number of ether oxygens (including phenoxy) is 1. The van der Waals surface area contributed by atoms with Crippen molar-refractivity contribution in [3.05, 3.63) is 53.6 Å². The summed E-state index contributed by atoms with van der Waals surface area (Å²) in [5.41, 5.74) is 6.29. The monoisotopic (exact) mass is 245 g/mol. The van der Waals surface area contributed by atoms with Gasteiger partial charge in [0.2, 0.25) is 0 Å². The van der Waals surface area contributed by atoms with Crippen LogP contribution in [0, 0.1) is 18.2 Å². The fourth-order valence-electron chi connectivity index (χ4n) is 1.50. The van der Waals surface area contributed by atoms with Gasteiger partial charge in [-0.25, -0.2) is 4.39 Å². The molecule has 0 aliphatic carbocycles. The summed E-state index contributed by atoms with van der Waals surface area (Å²) in [6.07, 6.45) is 2.90. The molecule has 0 saturated heterocycles. The first-order valence-electron chi connectivity index (χ1n) is 5.31. The highest BCUT2D eigenvalue weighted by atomic mass is 19.1. The zero-order chi connectivity index (χ0) is 13.1. The minimum atomic E-state index is -0.434. The number of nitrogens with one attached hydrogen (secondary N) is 1. The molecule has 1 aromatic heterocycles. The van der Waals surface area contributed by atoms with E-state index in [1.54, 1.807) is 25.1 Å². The van der Waals surface area contributed by atoms with Crippen molar-refractivity contribution < 1.29 is 9.13 Å². The number of amidine groups is 1. The highest BCUT2D eigenvalue weighted by Crippen LogP contribution is 2.27. The van der Waals surface area contributed by atoms with E-state index in [4.69, 9.17) is 15.9 Å². The molecule has 2 rings (SSSR count). The fraction of sp³-hybridized carbons (Fsp3) is 0.0769. The zero-order valence-corrected chi connectivity index (χ0v) is 9.77. The Morgan fingerprint density at radius 2 is 2.11 bits per heavy atom. The van der Waals surface area contributed by atoms with E-state index < -0.39 is 5.82 Å². The van der Waals surface area contributed by atoms with Gasteiger partial charge in [-0.1, -0.05) is 12.1 Å². The van der Waals surface area contributed by atoms with Crippen molar-refractivity contribution in [2.24, 2.45) is 5.73 Å². The molecule has 18 heavy (non-hydrogen) atoms. The van der Waals surface area contributed by atoms with E-state index in [0.717, 1.165) is 0 Å². The second-order valence-corrected chi connectivity index (χ2v) is 3.77. The molecule has 0 amide bonds. The predicted molar refractivity (Wildman–Crippen MR) is 66.5 cm³/mol. The molecule has 0 atom stereocenters. The van der Waals surface area contributed by atoms with E-state index in [-0.39, 0.29) is 17.3 Å². The number of pyridine rings is 1. The molecule has 0 spiro atoms. The Morgan fingerprint density at radius 1 is 1.33 bits per heavy atom. The average molecular weight is 245 g/mol. The van der Waals surface area contributed by atoms with Crippen LogP contribution in [-0.2, 0) is 0 Å². The molecule has 0 aliphatic rings. The predicted octanol–water partition coefficient (Wildman–Crippen LogP) is 2.61. The van der Waals surface area contributed by atoms with Crippen LogP contribution in [-0.4, -0.2) is 10.8 Å². The lowest BCUT2D eigenvalue weighted by atomic mass is 10.2. The quantitative estimate of drug-likeness (QED) is 0.645. The Hall–Kier alpha value is -2.43. The molecule has 2 aromatic rings. The number of hydrogen-bond acceptors (Lipinski definition) is 3. The molecule has 1 aromatic carbocycles. The third kappa shape index (κ3) is 2.29. The minimum absolute atomic E-state index is 0.0884. The van der Waals surface area contributed by atoms with Crippen LogP contribution in [0.1, 0.15) is 11.1 Å². The van der Waals surface area contributed by atoms with Crippen LogP contribution in [0.4, 0.5) is 4.39 Å². The van der Waals surface area contributed by atoms with Crippen LogP contribution in [0.25, 0.3) is 0 Å². The van der Waals surface area contributed by atoms with Gasteiger partial charge in [-0.05, 0) is 24.6 Å². The van der Waals surface area contributed by atoms with Crippen LogP contribution in [0.15, 0.2) is 36.7 Å². The normalized spacial score (nSPS) is 10.1. The number of aromatic nitrogens is 1. The molecule has 0 radical (unpaired) electrons. The third-order valence-corrected chi connectivity index (χ3v) is 2.45. The van der Waals surface area contributed by atoms with Gasteiger partial charge in [-0.15, -0.1) is 0 Å². The molecule has 5 heteroatoms. The summed E-state index contributed by atoms with van der Waals surface area (Å²) in [7, 11) is 0.